The Bertz CT molecular complexity index is 1550. The number of nitrogens with one attached hydrogen (secondary N) is 4. The summed E-state index contributed by atoms with van der Waals surface area (Å²) in [7, 11) is 0. The van der Waals surface area contributed by atoms with Crippen LogP contribution in [0.4, 0.5) is 27.6 Å². The van der Waals surface area contributed by atoms with Crippen LogP contribution < -0.4 is 21.7 Å². The molecule has 1 amide bonds. The minimum absolute atomic E-state index is 0.00722. The third kappa shape index (κ3) is 8.82. The molecule has 6 N–H and O–H groups in total. The van der Waals surface area contributed by atoms with Crippen molar-refractivity contribution in [3.8, 4) is 0 Å². The molecule has 2 aromatic rings. The van der Waals surface area contributed by atoms with Gasteiger partial charge in [-0.1, -0.05) is 36.4 Å². The van der Waals surface area contributed by atoms with Gasteiger partial charge < -0.3 is 21.7 Å². The zero-order chi connectivity index (χ0) is 31.7. The number of hydrogen-bond donors (Lipinski definition) is 5. The van der Waals surface area contributed by atoms with Gasteiger partial charge in [0.25, 0.3) is 5.91 Å². The lowest BCUT2D eigenvalue weighted by atomic mass is 10.0. The minimum atomic E-state index is -4.63. The Morgan fingerprint density at radius 2 is 1.93 bits per heavy atom. The lowest BCUT2D eigenvalue weighted by Crippen LogP contribution is -2.32. The second kappa shape index (κ2) is 14.4. The van der Waals surface area contributed by atoms with Crippen LogP contribution in [0.3, 0.4) is 0 Å². The predicted molar refractivity (Wildman–Crippen MR) is 160 cm³/mol. The number of nitrogens with two attached hydrogens (primary N) is 1. The monoisotopic (exact) mass is 598 g/mol. The summed E-state index contributed by atoms with van der Waals surface area (Å²) in [6.07, 6.45) is 3.48. The van der Waals surface area contributed by atoms with Crippen molar-refractivity contribution in [3.05, 3.63) is 112 Å². The summed E-state index contributed by atoms with van der Waals surface area (Å²) in [5, 5.41) is 16.9. The average molecular weight is 599 g/mol. The van der Waals surface area contributed by atoms with Crippen LogP contribution >= 0.6 is 0 Å². The number of allylic oxidation sites excluding steroid dienone is 4. The van der Waals surface area contributed by atoms with E-state index in [1.54, 1.807) is 37.3 Å². The number of halogens is 5. The number of hydrogen-bond acceptors (Lipinski definition) is 5. The molecule has 0 fully saturated rings. The molecule has 0 radical (unpaired) electrons. The van der Waals surface area contributed by atoms with Crippen LogP contribution in [0.25, 0.3) is 11.6 Å². The molecule has 0 spiro atoms. The van der Waals surface area contributed by atoms with Crippen molar-refractivity contribution in [2.75, 3.05) is 18.4 Å². The molecule has 2 aromatic carbocycles. The van der Waals surface area contributed by atoms with Gasteiger partial charge in [0, 0.05) is 36.1 Å². The maximum Gasteiger partial charge on any atom is 0.416 e. The van der Waals surface area contributed by atoms with Crippen LogP contribution in [0, 0.1) is 17.0 Å². The van der Waals surface area contributed by atoms with Crippen molar-refractivity contribution < 1.29 is 26.7 Å². The van der Waals surface area contributed by atoms with Gasteiger partial charge in [-0.15, -0.1) is 0 Å². The van der Waals surface area contributed by atoms with E-state index in [1.807, 2.05) is 0 Å². The number of aliphatic imine (C=N–C) groups is 1. The molecule has 1 aliphatic rings. The zero-order valence-electron chi connectivity index (χ0n) is 23.4. The molecule has 0 bridgehead atoms. The lowest BCUT2D eigenvalue weighted by molar-refractivity contribution is -0.110. The minimum Gasteiger partial charge on any atom is -0.397 e. The quantitative estimate of drug-likeness (QED) is 0.0532. The molecule has 226 valence electrons. The molecule has 7 nitrogen and oxygen atoms in total. The van der Waals surface area contributed by atoms with Crippen LogP contribution in [-0.2, 0) is 4.79 Å². The van der Waals surface area contributed by atoms with Crippen molar-refractivity contribution in [3.63, 3.8) is 0 Å². The van der Waals surface area contributed by atoms with Gasteiger partial charge in [-0.25, -0.2) is 8.78 Å². The van der Waals surface area contributed by atoms with E-state index in [1.165, 1.54) is 25.3 Å². The van der Waals surface area contributed by atoms with E-state index < -0.39 is 29.4 Å². The fourth-order valence-corrected chi connectivity index (χ4v) is 4.16. The van der Waals surface area contributed by atoms with Gasteiger partial charge in [-0.05, 0) is 62.0 Å². The number of nitrogens with zero attached hydrogens (tertiary/aromatic N) is 1. The van der Waals surface area contributed by atoms with Gasteiger partial charge in [0.15, 0.2) is 11.6 Å². The first-order chi connectivity index (χ1) is 20.3. The Morgan fingerprint density at radius 3 is 2.58 bits per heavy atom. The van der Waals surface area contributed by atoms with Gasteiger partial charge >= 0.3 is 6.18 Å². The third-order valence-electron chi connectivity index (χ3n) is 6.36. The molecule has 43 heavy (non-hydrogen) atoms. The number of fused-ring (bicyclic) bond motifs is 1. The number of amidine groups is 1. The summed E-state index contributed by atoms with van der Waals surface area (Å²) in [6.45, 7) is 6.30. The fourth-order valence-electron chi connectivity index (χ4n) is 4.16. The SMILES string of the molecule is C=N/C=C(N)/C=C1\C(=O)Nc2cc(/C=C/CNC/C(=C\C(=C/C)C(F)(F)F)C(=N)N[C@@H](C)c3ccc(F)c(F)c3)ccc21. The second-order valence-electron chi connectivity index (χ2n) is 9.49. The Balaban J connectivity index is 1.70. The second-order valence-corrected chi connectivity index (χ2v) is 9.49. The molecule has 3 rings (SSSR count). The Kier molecular flexibility index (Phi) is 10.9. The molecule has 1 aliphatic heterocycles. The van der Waals surface area contributed by atoms with Gasteiger partial charge in [-0.3, -0.25) is 15.2 Å². The number of anilines is 1. The fraction of sp³-hybridized carbons (Fsp3) is 0.194. The van der Waals surface area contributed by atoms with Crippen molar-refractivity contribution >= 4 is 35.8 Å². The van der Waals surface area contributed by atoms with Crippen LogP contribution in [0.2, 0.25) is 0 Å². The van der Waals surface area contributed by atoms with Crippen molar-refractivity contribution in [1.29, 1.82) is 5.41 Å². The first-order valence-electron chi connectivity index (χ1n) is 13.0. The third-order valence-corrected chi connectivity index (χ3v) is 6.36. The first-order valence-corrected chi connectivity index (χ1v) is 13.0. The molecule has 0 aromatic heterocycles. The van der Waals surface area contributed by atoms with E-state index in [0.29, 0.717) is 22.4 Å². The highest BCUT2D eigenvalue weighted by Gasteiger charge is 2.32. The predicted octanol–water partition coefficient (Wildman–Crippen LogP) is 6.17. The number of alkyl halides is 3. The summed E-state index contributed by atoms with van der Waals surface area (Å²) in [4.78, 5) is 15.9. The molecular weight excluding hydrogens is 567 g/mol. The van der Waals surface area contributed by atoms with E-state index in [9.17, 15) is 26.7 Å². The highest BCUT2D eigenvalue weighted by molar-refractivity contribution is 6.31. The largest absolute Gasteiger partial charge is 0.416 e. The highest BCUT2D eigenvalue weighted by atomic mass is 19.4. The molecule has 12 heteroatoms. The number of amides is 1. The van der Waals surface area contributed by atoms with Crippen molar-refractivity contribution in [2.45, 2.75) is 26.1 Å². The summed E-state index contributed by atoms with van der Waals surface area (Å²) in [5.74, 6) is -2.72. The topological polar surface area (TPSA) is 115 Å². The Labute approximate surface area is 246 Å². The average Bonchev–Trinajstić information content (AvgIpc) is 3.24. The lowest BCUT2D eigenvalue weighted by Gasteiger charge is -2.19. The Hall–Kier alpha value is -4.84. The van der Waals surface area contributed by atoms with E-state index in [0.717, 1.165) is 29.8 Å². The molecular formula is C31H31F5N6O. The number of rotatable bonds is 11. The molecule has 0 aliphatic carbocycles. The van der Waals surface area contributed by atoms with Crippen LogP contribution in [0.5, 0.6) is 0 Å². The van der Waals surface area contributed by atoms with Crippen molar-refractivity contribution in [2.24, 2.45) is 10.7 Å². The molecule has 1 heterocycles. The molecule has 0 saturated carbocycles. The smallest absolute Gasteiger partial charge is 0.397 e. The van der Waals surface area contributed by atoms with Gasteiger partial charge in [-0.2, -0.15) is 13.2 Å². The van der Waals surface area contributed by atoms with E-state index >= 15 is 0 Å². The normalized spacial score (nSPS) is 15.9. The Morgan fingerprint density at radius 1 is 1.19 bits per heavy atom. The summed E-state index contributed by atoms with van der Waals surface area (Å²) >= 11 is 0. The molecule has 0 saturated heterocycles. The number of benzene rings is 2. The molecule has 1 atom stereocenters. The maximum absolute atomic E-state index is 13.7. The van der Waals surface area contributed by atoms with Gasteiger partial charge in [0.05, 0.1) is 22.9 Å². The van der Waals surface area contributed by atoms with Gasteiger partial charge in [0.2, 0.25) is 0 Å². The van der Waals surface area contributed by atoms with Crippen LogP contribution in [0.1, 0.15) is 36.6 Å². The summed E-state index contributed by atoms with van der Waals surface area (Å²) in [5.41, 5.74) is 7.89. The van der Waals surface area contributed by atoms with E-state index in [2.05, 4.69) is 27.7 Å². The maximum atomic E-state index is 13.7. The molecule has 0 unspecified atom stereocenters. The van der Waals surface area contributed by atoms with Crippen LogP contribution in [-0.4, -0.2) is 37.7 Å². The zero-order valence-corrected chi connectivity index (χ0v) is 23.4. The highest BCUT2D eigenvalue weighted by Crippen LogP contribution is 2.33. The number of carbonyl (C=O) groups is 1. The number of carbonyl (C=O) groups excluding carboxylic acids is 1. The first kappa shape index (κ1) is 32.7. The van der Waals surface area contributed by atoms with E-state index in [-0.39, 0.29) is 36.1 Å². The van der Waals surface area contributed by atoms with E-state index in [4.69, 9.17) is 11.1 Å². The van der Waals surface area contributed by atoms with Crippen molar-refractivity contribution in [1.82, 2.24) is 10.6 Å². The van der Waals surface area contributed by atoms with Gasteiger partial charge in [0.1, 0.15) is 5.84 Å². The van der Waals surface area contributed by atoms with Crippen LogP contribution in [0.15, 0.2) is 88.7 Å². The summed E-state index contributed by atoms with van der Waals surface area (Å²) < 4.78 is 67.4. The summed E-state index contributed by atoms with van der Waals surface area (Å²) in [6, 6.07) is 7.87. The standard InChI is InChI=1S/C31H31F5N6O/c1-4-22(31(34,35)36)13-21(29(38)41-18(2)20-8-10-26(32)27(33)14-20)16-40-11-5-6-19-7-9-24-25(15-23(37)17-39-3)30(43)42-28(24)12-19/h4-10,12-15,17-18,40H,3,11,16,37H2,1-2H3,(H2,38,41)(H,42,43)/b6-5+,21-13+,22-4+,23-17-,25-15-/t18-/m0/s1.